The number of unbranched alkanes of at least 4 members (excludes halogenated alkanes) is 3. The van der Waals surface area contributed by atoms with E-state index in [9.17, 15) is 13.2 Å². The highest BCUT2D eigenvalue weighted by Crippen LogP contribution is 2.15. The zero-order valence-corrected chi connectivity index (χ0v) is 15.2. The summed E-state index contributed by atoms with van der Waals surface area (Å²) in [6.45, 7) is 4.11. The summed E-state index contributed by atoms with van der Waals surface area (Å²) >= 11 is 0. The largest absolute Gasteiger partial charge is 0.379 e. The van der Waals surface area contributed by atoms with Gasteiger partial charge in [0, 0.05) is 45.7 Å². The first-order chi connectivity index (χ1) is 11.6. The molecule has 0 aromatic carbocycles. The Bertz CT molecular complexity index is 486. The SMILES string of the molecule is NCCCCCCC(=O)N1CCN(S(=O)(=O)N2CCOCC2)CC1. The van der Waals surface area contributed by atoms with E-state index in [1.807, 2.05) is 0 Å². The van der Waals surface area contributed by atoms with Crippen LogP contribution in [0.3, 0.4) is 0 Å². The highest BCUT2D eigenvalue weighted by molar-refractivity contribution is 7.86. The first-order valence-corrected chi connectivity index (χ1v) is 10.3. The smallest absolute Gasteiger partial charge is 0.282 e. The summed E-state index contributed by atoms with van der Waals surface area (Å²) in [6, 6.07) is 0. The molecule has 0 saturated carbocycles. The lowest BCUT2D eigenvalue weighted by atomic mass is 10.1. The van der Waals surface area contributed by atoms with Gasteiger partial charge in [-0.2, -0.15) is 17.0 Å². The molecule has 2 aliphatic rings. The number of carbonyl (C=O) groups is 1. The van der Waals surface area contributed by atoms with Crippen LogP contribution in [0.25, 0.3) is 0 Å². The topological polar surface area (TPSA) is 96.2 Å². The van der Waals surface area contributed by atoms with E-state index in [0.29, 0.717) is 65.4 Å². The molecule has 0 spiro atoms. The molecule has 0 aromatic rings. The molecule has 0 radical (unpaired) electrons. The summed E-state index contributed by atoms with van der Waals surface area (Å²) in [5.41, 5.74) is 5.45. The van der Waals surface area contributed by atoms with E-state index in [-0.39, 0.29) is 5.91 Å². The lowest BCUT2D eigenvalue weighted by Crippen LogP contribution is -2.55. The lowest BCUT2D eigenvalue weighted by molar-refractivity contribution is -0.132. The molecule has 2 rings (SSSR count). The normalized spacial score (nSPS) is 21.1. The van der Waals surface area contributed by atoms with Crippen molar-refractivity contribution in [1.82, 2.24) is 13.5 Å². The summed E-state index contributed by atoms with van der Waals surface area (Å²) in [5.74, 6) is 0.131. The Morgan fingerprint density at radius 2 is 1.46 bits per heavy atom. The maximum Gasteiger partial charge on any atom is 0.282 e. The Morgan fingerprint density at radius 3 is 2.08 bits per heavy atom. The second kappa shape index (κ2) is 9.67. The third kappa shape index (κ3) is 5.38. The molecule has 2 aliphatic heterocycles. The monoisotopic (exact) mass is 362 g/mol. The van der Waals surface area contributed by atoms with Crippen LogP contribution in [0.5, 0.6) is 0 Å². The van der Waals surface area contributed by atoms with Gasteiger partial charge in [0.2, 0.25) is 5.91 Å². The standard InChI is InChI=1S/C15H30N4O4S/c16-6-4-2-1-3-5-15(20)17-7-9-18(10-8-17)24(21,22)19-11-13-23-14-12-19/h1-14,16H2. The number of nitrogens with two attached hydrogens (primary N) is 1. The molecule has 0 aliphatic carbocycles. The van der Waals surface area contributed by atoms with E-state index in [0.717, 1.165) is 25.7 Å². The summed E-state index contributed by atoms with van der Waals surface area (Å²) in [7, 11) is -3.42. The fourth-order valence-corrected chi connectivity index (χ4v) is 4.60. The van der Waals surface area contributed by atoms with Crippen molar-refractivity contribution in [2.24, 2.45) is 5.73 Å². The maximum absolute atomic E-state index is 12.6. The summed E-state index contributed by atoms with van der Waals surface area (Å²) < 4.78 is 33.3. The van der Waals surface area contributed by atoms with E-state index < -0.39 is 10.2 Å². The first-order valence-electron chi connectivity index (χ1n) is 8.86. The number of morpholine rings is 1. The minimum Gasteiger partial charge on any atom is -0.379 e. The molecule has 0 atom stereocenters. The summed E-state index contributed by atoms with van der Waals surface area (Å²) in [5, 5.41) is 0. The zero-order valence-electron chi connectivity index (χ0n) is 14.4. The van der Waals surface area contributed by atoms with Gasteiger partial charge in [0.25, 0.3) is 10.2 Å². The van der Waals surface area contributed by atoms with Crippen molar-refractivity contribution in [2.75, 3.05) is 59.0 Å². The number of carbonyl (C=O) groups excluding carboxylic acids is 1. The molecule has 2 N–H and O–H groups in total. The summed E-state index contributed by atoms with van der Waals surface area (Å²) in [6.07, 6.45) is 4.52. The predicted molar refractivity (Wildman–Crippen MR) is 91.6 cm³/mol. The first kappa shape index (κ1) is 19.6. The Kier molecular flexibility index (Phi) is 7.89. The second-order valence-electron chi connectivity index (χ2n) is 6.25. The van der Waals surface area contributed by atoms with E-state index >= 15 is 0 Å². The highest BCUT2D eigenvalue weighted by Gasteiger charge is 2.33. The van der Waals surface area contributed by atoms with Crippen LogP contribution in [0.1, 0.15) is 32.1 Å². The van der Waals surface area contributed by atoms with Crippen molar-refractivity contribution in [3.63, 3.8) is 0 Å². The third-order valence-corrected chi connectivity index (χ3v) is 6.59. The molecule has 1 amide bonds. The molecule has 0 unspecified atom stereocenters. The Labute approximate surface area is 145 Å². The van der Waals surface area contributed by atoms with Gasteiger partial charge in [0.15, 0.2) is 0 Å². The number of rotatable bonds is 8. The Morgan fingerprint density at radius 1 is 0.875 bits per heavy atom. The van der Waals surface area contributed by atoms with E-state index in [1.54, 1.807) is 4.90 Å². The van der Waals surface area contributed by atoms with Crippen LogP contribution in [0, 0.1) is 0 Å². The number of piperazine rings is 1. The van der Waals surface area contributed by atoms with E-state index in [1.165, 1.54) is 8.61 Å². The van der Waals surface area contributed by atoms with Crippen LogP contribution in [0.15, 0.2) is 0 Å². The van der Waals surface area contributed by atoms with Gasteiger partial charge in [-0.1, -0.05) is 12.8 Å². The lowest BCUT2D eigenvalue weighted by Gasteiger charge is -2.37. The van der Waals surface area contributed by atoms with Crippen molar-refractivity contribution in [3.8, 4) is 0 Å². The van der Waals surface area contributed by atoms with Crippen LogP contribution < -0.4 is 5.73 Å². The fourth-order valence-electron chi connectivity index (χ4n) is 3.04. The second-order valence-corrected chi connectivity index (χ2v) is 8.18. The molecule has 8 nitrogen and oxygen atoms in total. The highest BCUT2D eigenvalue weighted by atomic mass is 32.2. The molecule has 0 bridgehead atoms. The van der Waals surface area contributed by atoms with Crippen LogP contribution >= 0.6 is 0 Å². The molecule has 0 aromatic heterocycles. The van der Waals surface area contributed by atoms with Crippen molar-refractivity contribution in [1.29, 1.82) is 0 Å². The number of ether oxygens (including phenoxy) is 1. The maximum atomic E-state index is 12.6. The number of hydrogen-bond acceptors (Lipinski definition) is 5. The molecular weight excluding hydrogens is 332 g/mol. The van der Waals surface area contributed by atoms with Crippen LogP contribution in [-0.4, -0.2) is 86.9 Å². The van der Waals surface area contributed by atoms with Gasteiger partial charge in [0.1, 0.15) is 0 Å². The number of nitrogens with zero attached hydrogens (tertiary/aromatic N) is 3. The predicted octanol–water partition coefficient (Wildman–Crippen LogP) is -0.383. The van der Waals surface area contributed by atoms with Crippen molar-refractivity contribution < 1.29 is 17.9 Å². The number of amides is 1. The van der Waals surface area contributed by atoms with Gasteiger partial charge >= 0.3 is 0 Å². The summed E-state index contributed by atoms with van der Waals surface area (Å²) in [4.78, 5) is 14.0. The average molecular weight is 362 g/mol. The van der Waals surface area contributed by atoms with E-state index in [2.05, 4.69) is 0 Å². The quantitative estimate of drug-likeness (QED) is 0.594. The Balaban J connectivity index is 1.73. The van der Waals surface area contributed by atoms with Crippen molar-refractivity contribution >= 4 is 16.1 Å². The zero-order chi connectivity index (χ0) is 17.4. The molecule has 2 saturated heterocycles. The van der Waals surface area contributed by atoms with Gasteiger partial charge in [-0.25, -0.2) is 0 Å². The molecular formula is C15H30N4O4S. The van der Waals surface area contributed by atoms with Gasteiger partial charge in [-0.05, 0) is 19.4 Å². The van der Waals surface area contributed by atoms with Gasteiger partial charge < -0.3 is 15.4 Å². The molecule has 9 heteroatoms. The third-order valence-electron chi connectivity index (χ3n) is 4.56. The van der Waals surface area contributed by atoms with Crippen LogP contribution in [-0.2, 0) is 19.7 Å². The van der Waals surface area contributed by atoms with Gasteiger partial charge in [-0.3, -0.25) is 4.79 Å². The fraction of sp³-hybridized carbons (Fsp3) is 0.933. The van der Waals surface area contributed by atoms with Crippen LogP contribution in [0.4, 0.5) is 0 Å². The van der Waals surface area contributed by atoms with Crippen molar-refractivity contribution in [2.45, 2.75) is 32.1 Å². The minimum atomic E-state index is -3.42. The molecule has 2 fully saturated rings. The average Bonchev–Trinajstić information content (AvgIpc) is 2.62. The minimum absolute atomic E-state index is 0.131. The number of hydrogen-bond donors (Lipinski definition) is 1. The van der Waals surface area contributed by atoms with E-state index in [4.69, 9.17) is 10.5 Å². The van der Waals surface area contributed by atoms with Crippen LogP contribution in [0.2, 0.25) is 0 Å². The van der Waals surface area contributed by atoms with Gasteiger partial charge in [0.05, 0.1) is 13.2 Å². The molecule has 140 valence electrons. The molecule has 2 heterocycles. The van der Waals surface area contributed by atoms with Gasteiger partial charge in [-0.15, -0.1) is 0 Å². The van der Waals surface area contributed by atoms with Crippen molar-refractivity contribution in [3.05, 3.63) is 0 Å². The molecule has 24 heavy (non-hydrogen) atoms. The Hall–Kier alpha value is -0.740.